The van der Waals surface area contributed by atoms with Gasteiger partial charge in [-0.25, -0.2) is 4.98 Å². The summed E-state index contributed by atoms with van der Waals surface area (Å²) >= 11 is 0. The van der Waals surface area contributed by atoms with Gasteiger partial charge in [0.05, 0.1) is 18.1 Å². The van der Waals surface area contributed by atoms with E-state index in [-0.39, 0.29) is 5.91 Å². The summed E-state index contributed by atoms with van der Waals surface area (Å²) in [6.07, 6.45) is 1.01. The summed E-state index contributed by atoms with van der Waals surface area (Å²) in [5, 5.41) is 3.00. The number of fused-ring (bicyclic) bond motifs is 2. The molecule has 6 heteroatoms. The van der Waals surface area contributed by atoms with Gasteiger partial charge < -0.3 is 19.9 Å². The number of aromatic amines is 1. The topological polar surface area (TPSA) is 70.2 Å². The molecule has 2 heterocycles. The molecule has 0 bridgehead atoms. The van der Waals surface area contributed by atoms with E-state index in [2.05, 4.69) is 39.4 Å². The Morgan fingerprint density at radius 2 is 1.93 bits per heavy atom. The molecule has 0 saturated carbocycles. The van der Waals surface area contributed by atoms with Crippen LogP contribution in [-0.2, 0) is 6.42 Å². The highest BCUT2D eigenvalue weighted by atomic mass is 16.5. The highest BCUT2D eigenvalue weighted by molar-refractivity contribution is 6.04. The number of nitrogens with zero attached hydrogens (tertiary/aromatic N) is 2. The highest BCUT2D eigenvalue weighted by Crippen LogP contribution is 2.29. The first-order valence-electron chi connectivity index (χ1n) is 9.90. The third-order valence-electron chi connectivity index (χ3n) is 5.57. The number of amides is 1. The van der Waals surface area contributed by atoms with Crippen LogP contribution in [0.1, 0.15) is 15.9 Å². The first-order valence-corrected chi connectivity index (χ1v) is 9.90. The maximum Gasteiger partial charge on any atom is 0.255 e. The molecule has 0 unspecified atom stereocenters. The van der Waals surface area contributed by atoms with Gasteiger partial charge >= 0.3 is 0 Å². The molecule has 3 aromatic carbocycles. The van der Waals surface area contributed by atoms with Crippen molar-refractivity contribution in [2.75, 3.05) is 30.9 Å². The van der Waals surface area contributed by atoms with Gasteiger partial charge in [-0.2, -0.15) is 0 Å². The maximum absolute atomic E-state index is 12.7. The number of nitrogens with one attached hydrogen (secondary N) is 2. The molecule has 0 saturated heterocycles. The van der Waals surface area contributed by atoms with E-state index in [9.17, 15) is 4.79 Å². The number of rotatable bonds is 4. The van der Waals surface area contributed by atoms with Gasteiger partial charge in [0.2, 0.25) is 0 Å². The summed E-state index contributed by atoms with van der Waals surface area (Å²) in [7, 11) is 3.73. The fourth-order valence-electron chi connectivity index (χ4n) is 3.88. The first-order chi connectivity index (χ1) is 14.6. The van der Waals surface area contributed by atoms with Gasteiger partial charge in [-0.3, -0.25) is 4.79 Å². The minimum atomic E-state index is -0.123. The molecule has 0 fully saturated rings. The third kappa shape index (κ3) is 3.26. The molecule has 0 spiro atoms. The lowest BCUT2D eigenvalue weighted by atomic mass is 10.1. The minimum absolute atomic E-state index is 0.123. The van der Waals surface area contributed by atoms with Crippen molar-refractivity contribution < 1.29 is 9.53 Å². The van der Waals surface area contributed by atoms with E-state index in [1.54, 1.807) is 7.11 Å². The van der Waals surface area contributed by atoms with Crippen LogP contribution in [0.25, 0.3) is 22.4 Å². The van der Waals surface area contributed by atoms with Crippen molar-refractivity contribution in [2.45, 2.75) is 6.42 Å². The van der Waals surface area contributed by atoms with Gasteiger partial charge in [0.25, 0.3) is 5.91 Å². The number of H-pyrrole nitrogens is 1. The van der Waals surface area contributed by atoms with E-state index in [1.165, 1.54) is 11.3 Å². The van der Waals surface area contributed by atoms with Crippen LogP contribution in [0.4, 0.5) is 11.4 Å². The van der Waals surface area contributed by atoms with Crippen LogP contribution in [0.3, 0.4) is 0 Å². The van der Waals surface area contributed by atoms with Gasteiger partial charge in [-0.15, -0.1) is 0 Å². The fraction of sp³-hybridized carbons (Fsp3) is 0.167. The molecule has 1 aliphatic rings. The number of aromatic nitrogens is 2. The lowest BCUT2D eigenvalue weighted by Crippen LogP contribution is -2.13. The van der Waals surface area contributed by atoms with Crippen LogP contribution in [0, 0.1) is 0 Å². The Labute approximate surface area is 174 Å². The number of imidazole rings is 1. The molecule has 5 rings (SSSR count). The minimum Gasteiger partial charge on any atom is -0.497 e. The van der Waals surface area contributed by atoms with Gasteiger partial charge in [-0.05, 0) is 54.4 Å². The number of methoxy groups -OCH3 is 1. The summed E-state index contributed by atoms with van der Waals surface area (Å²) < 4.78 is 5.26. The average molecular weight is 398 g/mol. The van der Waals surface area contributed by atoms with E-state index < -0.39 is 0 Å². The zero-order valence-corrected chi connectivity index (χ0v) is 16.9. The van der Waals surface area contributed by atoms with Crippen LogP contribution >= 0.6 is 0 Å². The van der Waals surface area contributed by atoms with E-state index >= 15 is 0 Å². The summed E-state index contributed by atoms with van der Waals surface area (Å²) in [5.74, 6) is 1.41. The molecule has 6 nitrogen and oxygen atoms in total. The molecule has 0 atom stereocenters. The quantitative estimate of drug-likeness (QED) is 0.532. The molecule has 1 aliphatic heterocycles. The largest absolute Gasteiger partial charge is 0.497 e. The molecule has 2 N–H and O–H groups in total. The highest BCUT2D eigenvalue weighted by Gasteiger charge is 2.16. The normalized spacial score (nSPS) is 12.8. The predicted octanol–water partition coefficient (Wildman–Crippen LogP) is 4.48. The van der Waals surface area contributed by atoms with Crippen LogP contribution in [0.15, 0.2) is 60.7 Å². The lowest BCUT2D eigenvalue weighted by molar-refractivity contribution is 0.102. The third-order valence-corrected chi connectivity index (χ3v) is 5.57. The van der Waals surface area contributed by atoms with Crippen LogP contribution in [0.2, 0.25) is 0 Å². The van der Waals surface area contributed by atoms with Crippen molar-refractivity contribution in [1.29, 1.82) is 0 Å². The Hall–Kier alpha value is -3.80. The molecular weight excluding hydrogens is 376 g/mol. The van der Waals surface area contributed by atoms with E-state index in [0.717, 1.165) is 46.8 Å². The van der Waals surface area contributed by atoms with Gasteiger partial charge in [0.1, 0.15) is 11.6 Å². The Balaban J connectivity index is 1.34. The zero-order chi connectivity index (χ0) is 20.7. The number of hydrogen-bond acceptors (Lipinski definition) is 4. The SMILES string of the molecule is COc1ccc2nc(-c3ccc(C(=O)Nc4ccc5c(c4)CCN5C)cc3)[nH]c2c1. The smallest absolute Gasteiger partial charge is 0.255 e. The van der Waals surface area contributed by atoms with Gasteiger partial charge in [-0.1, -0.05) is 12.1 Å². The van der Waals surface area contributed by atoms with E-state index in [1.807, 2.05) is 48.5 Å². The maximum atomic E-state index is 12.7. The zero-order valence-electron chi connectivity index (χ0n) is 16.9. The molecule has 1 aromatic heterocycles. The summed E-state index contributed by atoms with van der Waals surface area (Å²) in [5.41, 5.74) is 6.64. The summed E-state index contributed by atoms with van der Waals surface area (Å²) in [4.78, 5) is 22.8. The van der Waals surface area contributed by atoms with Gasteiger partial charge in [0, 0.05) is 42.2 Å². The second kappa shape index (κ2) is 7.22. The van der Waals surface area contributed by atoms with Crippen molar-refractivity contribution in [3.63, 3.8) is 0 Å². The Kier molecular flexibility index (Phi) is 4.39. The molecule has 150 valence electrons. The molecule has 0 radical (unpaired) electrons. The second-order valence-corrected chi connectivity index (χ2v) is 7.52. The summed E-state index contributed by atoms with van der Waals surface area (Å²) in [6, 6.07) is 19.3. The van der Waals surface area contributed by atoms with Crippen molar-refractivity contribution in [3.8, 4) is 17.1 Å². The Morgan fingerprint density at radius 3 is 2.73 bits per heavy atom. The van der Waals surface area contributed by atoms with Crippen molar-refractivity contribution in [2.24, 2.45) is 0 Å². The monoisotopic (exact) mass is 398 g/mol. The van der Waals surface area contributed by atoms with Crippen LogP contribution < -0.4 is 15.0 Å². The number of hydrogen-bond donors (Lipinski definition) is 2. The van der Waals surface area contributed by atoms with E-state index in [4.69, 9.17) is 4.74 Å². The predicted molar refractivity (Wildman–Crippen MR) is 119 cm³/mol. The number of likely N-dealkylation sites (N-methyl/N-ethyl adjacent to an activating group) is 1. The number of benzene rings is 3. The standard InChI is InChI=1S/C24H22N4O2/c1-28-12-11-17-13-18(7-10-22(17)28)25-24(29)16-5-3-15(4-6-16)23-26-20-9-8-19(30-2)14-21(20)27-23/h3-10,13-14H,11-12H2,1-2H3,(H,25,29)(H,26,27). The van der Waals surface area contributed by atoms with Crippen molar-refractivity contribution in [1.82, 2.24) is 9.97 Å². The molecule has 4 aromatic rings. The Bertz CT molecular complexity index is 1240. The van der Waals surface area contributed by atoms with Crippen molar-refractivity contribution in [3.05, 3.63) is 71.8 Å². The lowest BCUT2D eigenvalue weighted by Gasteiger charge is -2.12. The van der Waals surface area contributed by atoms with E-state index in [0.29, 0.717) is 5.56 Å². The van der Waals surface area contributed by atoms with Gasteiger partial charge in [0.15, 0.2) is 0 Å². The number of anilines is 2. The van der Waals surface area contributed by atoms with Crippen molar-refractivity contribution >= 4 is 28.3 Å². The Morgan fingerprint density at radius 1 is 1.10 bits per heavy atom. The molecular formula is C24H22N4O2. The van der Waals surface area contributed by atoms with Crippen LogP contribution in [-0.4, -0.2) is 36.6 Å². The second-order valence-electron chi connectivity index (χ2n) is 7.52. The fourth-order valence-corrected chi connectivity index (χ4v) is 3.88. The number of carbonyl (C=O) groups excluding carboxylic acids is 1. The molecule has 1 amide bonds. The average Bonchev–Trinajstić information content (AvgIpc) is 3.36. The first kappa shape index (κ1) is 18.2. The summed E-state index contributed by atoms with van der Waals surface area (Å²) in [6.45, 7) is 1.02. The number of ether oxygens (including phenoxy) is 1. The molecule has 0 aliphatic carbocycles. The molecule has 30 heavy (non-hydrogen) atoms. The number of carbonyl (C=O) groups is 1. The van der Waals surface area contributed by atoms with Crippen LogP contribution in [0.5, 0.6) is 5.75 Å².